The number of carbonyl (C=O) groups excluding carboxylic acids is 1. The van der Waals surface area contributed by atoms with Crippen LogP contribution >= 0.6 is 11.8 Å². The third kappa shape index (κ3) is 2.46. The highest BCUT2D eigenvalue weighted by atomic mass is 32.2. The second-order valence-corrected chi connectivity index (χ2v) is 4.37. The zero-order chi connectivity index (χ0) is 11.4. The van der Waals surface area contributed by atoms with Gasteiger partial charge in [-0.05, 0) is 19.1 Å². The molecule has 1 aromatic heterocycles. The van der Waals surface area contributed by atoms with Crippen LogP contribution in [0.5, 0.6) is 0 Å². The van der Waals surface area contributed by atoms with Crippen molar-refractivity contribution in [2.24, 2.45) is 0 Å². The first kappa shape index (κ1) is 10.8. The number of aromatic nitrogens is 2. The highest BCUT2D eigenvalue weighted by Crippen LogP contribution is 2.28. The zero-order valence-corrected chi connectivity index (χ0v) is 9.57. The molecule has 2 aromatic rings. The number of carbonyl (C=O) groups is 1. The van der Waals surface area contributed by atoms with Crippen LogP contribution in [0.25, 0.3) is 0 Å². The molecule has 0 unspecified atom stereocenters. The van der Waals surface area contributed by atoms with Gasteiger partial charge in [-0.3, -0.25) is 9.78 Å². The third-order valence-electron chi connectivity index (χ3n) is 2.05. The van der Waals surface area contributed by atoms with Crippen LogP contribution in [-0.4, -0.2) is 16.3 Å². The van der Waals surface area contributed by atoms with E-state index in [4.69, 9.17) is 0 Å². The predicted molar refractivity (Wildman–Crippen MR) is 62.7 cm³/mol. The predicted octanol–water partition coefficient (Wildman–Crippen LogP) is 2.75. The molecule has 1 aromatic carbocycles. The van der Waals surface area contributed by atoms with Crippen LogP contribution in [0, 0.1) is 6.92 Å². The fourth-order valence-corrected chi connectivity index (χ4v) is 2.12. The summed E-state index contributed by atoms with van der Waals surface area (Å²) in [7, 11) is 0. The van der Waals surface area contributed by atoms with Crippen LogP contribution in [0.3, 0.4) is 0 Å². The Bertz CT molecular complexity index is 500. The lowest BCUT2D eigenvalue weighted by Crippen LogP contribution is -1.88. The molecule has 0 aliphatic heterocycles. The molecule has 0 fully saturated rings. The Morgan fingerprint density at radius 1 is 1.31 bits per heavy atom. The van der Waals surface area contributed by atoms with E-state index in [1.54, 1.807) is 18.6 Å². The van der Waals surface area contributed by atoms with E-state index in [1.807, 2.05) is 25.1 Å². The van der Waals surface area contributed by atoms with Crippen molar-refractivity contribution in [3.63, 3.8) is 0 Å². The molecule has 4 heteroatoms. The van der Waals surface area contributed by atoms with Gasteiger partial charge in [-0.15, -0.1) is 0 Å². The molecule has 0 bridgehead atoms. The summed E-state index contributed by atoms with van der Waals surface area (Å²) in [6.45, 7) is 1.96. The van der Waals surface area contributed by atoms with E-state index in [-0.39, 0.29) is 0 Å². The summed E-state index contributed by atoms with van der Waals surface area (Å²) in [5.41, 5.74) is 1.77. The summed E-state index contributed by atoms with van der Waals surface area (Å²) in [5, 5.41) is 0.787. The summed E-state index contributed by atoms with van der Waals surface area (Å²) in [5.74, 6) is 0. The van der Waals surface area contributed by atoms with Gasteiger partial charge in [-0.1, -0.05) is 23.4 Å². The summed E-state index contributed by atoms with van der Waals surface area (Å²) in [6, 6.07) is 5.77. The first-order chi connectivity index (χ1) is 7.79. The van der Waals surface area contributed by atoms with E-state index < -0.39 is 0 Å². The van der Waals surface area contributed by atoms with E-state index >= 15 is 0 Å². The van der Waals surface area contributed by atoms with Gasteiger partial charge in [0.2, 0.25) is 0 Å². The molecule has 1 heterocycles. The number of hydrogen-bond donors (Lipinski definition) is 0. The SMILES string of the molecule is Cc1ccc(Sc2cnccn2)c(C=O)c1. The maximum atomic E-state index is 10.9. The van der Waals surface area contributed by atoms with Crippen molar-refractivity contribution in [1.82, 2.24) is 9.97 Å². The lowest BCUT2D eigenvalue weighted by Gasteiger charge is -2.04. The maximum absolute atomic E-state index is 10.9. The monoisotopic (exact) mass is 230 g/mol. The maximum Gasteiger partial charge on any atom is 0.151 e. The zero-order valence-electron chi connectivity index (χ0n) is 8.75. The van der Waals surface area contributed by atoms with Gasteiger partial charge in [-0.2, -0.15) is 0 Å². The number of benzene rings is 1. The quantitative estimate of drug-likeness (QED) is 0.760. The van der Waals surface area contributed by atoms with Crippen molar-refractivity contribution in [2.75, 3.05) is 0 Å². The minimum absolute atomic E-state index is 0.690. The van der Waals surface area contributed by atoms with Crippen LogP contribution in [0.1, 0.15) is 15.9 Å². The van der Waals surface area contributed by atoms with E-state index in [9.17, 15) is 4.79 Å². The lowest BCUT2D eigenvalue weighted by atomic mass is 10.2. The molecule has 0 aliphatic carbocycles. The molecule has 0 radical (unpaired) electrons. The van der Waals surface area contributed by atoms with Crippen LogP contribution in [0.2, 0.25) is 0 Å². The number of aryl methyl sites for hydroxylation is 1. The summed E-state index contributed by atoms with van der Waals surface area (Å²) >= 11 is 1.44. The van der Waals surface area contributed by atoms with E-state index in [0.717, 1.165) is 21.8 Å². The normalized spacial score (nSPS) is 10.1. The van der Waals surface area contributed by atoms with Crippen molar-refractivity contribution in [1.29, 1.82) is 0 Å². The van der Waals surface area contributed by atoms with Gasteiger partial charge in [-0.25, -0.2) is 4.98 Å². The summed E-state index contributed by atoms with van der Waals surface area (Å²) in [6.07, 6.45) is 5.81. The Hall–Kier alpha value is -1.68. The molecular formula is C12H10N2OS. The van der Waals surface area contributed by atoms with Gasteiger partial charge in [0.05, 0.1) is 6.20 Å². The molecular weight excluding hydrogens is 220 g/mol. The highest BCUT2D eigenvalue weighted by molar-refractivity contribution is 7.99. The van der Waals surface area contributed by atoms with Crippen molar-refractivity contribution >= 4 is 18.0 Å². The average molecular weight is 230 g/mol. The largest absolute Gasteiger partial charge is 0.298 e. The van der Waals surface area contributed by atoms with E-state index in [2.05, 4.69) is 9.97 Å². The molecule has 16 heavy (non-hydrogen) atoms. The van der Waals surface area contributed by atoms with Crippen molar-refractivity contribution in [3.05, 3.63) is 47.9 Å². The van der Waals surface area contributed by atoms with Crippen molar-refractivity contribution < 1.29 is 4.79 Å². The van der Waals surface area contributed by atoms with E-state index in [0.29, 0.717) is 5.56 Å². The van der Waals surface area contributed by atoms with Crippen LogP contribution in [0.15, 0.2) is 46.7 Å². The first-order valence-electron chi connectivity index (χ1n) is 4.79. The number of rotatable bonds is 3. The number of aldehydes is 1. The second kappa shape index (κ2) is 4.90. The molecule has 0 saturated carbocycles. The van der Waals surface area contributed by atoms with Crippen LogP contribution < -0.4 is 0 Å². The molecule has 80 valence electrons. The Labute approximate surface area is 97.9 Å². The fraction of sp³-hybridized carbons (Fsp3) is 0.0833. The molecule has 2 rings (SSSR count). The molecule has 0 saturated heterocycles. The minimum Gasteiger partial charge on any atom is -0.298 e. The Balaban J connectivity index is 2.31. The molecule has 0 aliphatic rings. The van der Waals surface area contributed by atoms with E-state index in [1.165, 1.54) is 11.8 Å². The van der Waals surface area contributed by atoms with Crippen LogP contribution in [0.4, 0.5) is 0 Å². The second-order valence-electron chi connectivity index (χ2n) is 3.30. The third-order valence-corrected chi connectivity index (χ3v) is 3.06. The van der Waals surface area contributed by atoms with Gasteiger partial charge in [0, 0.05) is 22.9 Å². The summed E-state index contributed by atoms with van der Waals surface area (Å²) < 4.78 is 0. The van der Waals surface area contributed by atoms with Crippen molar-refractivity contribution in [2.45, 2.75) is 16.8 Å². The smallest absolute Gasteiger partial charge is 0.151 e. The minimum atomic E-state index is 0.690. The van der Waals surface area contributed by atoms with Crippen LogP contribution in [-0.2, 0) is 0 Å². The van der Waals surface area contributed by atoms with Gasteiger partial charge >= 0.3 is 0 Å². The Morgan fingerprint density at radius 3 is 2.88 bits per heavy atom. The highest BCUT2D eigenvalue weighted by Gasteiger charge is 2.04. The Kier molecular flexibility index (Phi) is 3.31. The summed E-state index contributed by atoms with van der Waals surface area (Å²) in [4.78, 5) is 20.0. The number of nitrogens with zero attached hydrogens (tertiary/aromatic N) is 2. The molecule has 3 nitrogen and oxygen atoms in total. The molecule has 0 atom stereocenters. The van der Waals surface area contributed by atoms with Gasteiger partial charge in [0.1, 0.15) is 5.03 Å². The standard InChI is InChI=1S/C12H10N2OS/c1-9-2-3-11(10(6-9)8-15)16-12-7-13-4-5-14-12/h2-8H,1H3. The molecule has 0 N–H and O–H groups in total. The fourth-order valence-electron chi connectivity index (χ4n) is 1.30. The Morgan fingerprint density at radius 2 is 2.19 bits per heavy atom. The number of hydrogen-bond acceptors (Lipinski definition) is 4. The van der Waals surface area contributed by atoms with Gasteiger partial charge in [0.15, 0.2) is 6.29 Å². The van der Waals surface area contributed by atoms with Gasteiger partial charge < -0.3 is 0 Å². The lowest BCUT2D eigenvalue weighted by molar-refractivity contribution is 0.112. The van der Waals surface area contributed by atoms with Crippen molar-refractivity contribution in [3.8, 4) is 0 Å². The molecule has 0 spiro atoms. The topological polar surface area (TPSA) is 42.9 Å². The first-order valence-corrected chi connectivity index (χ1v) is 5.61. The average Bonchev–Trinajstić information content (AvgIpc) is 2.33. The molecule has 0 amide bonds. The van der Waals surface area contributed by atoms with Gasteiger partial charge in [0.25, 0.3) is 0 Å².